The van der Waals surface area contributed by atoms with Gasteiger partial charge in [-0.1, -0.05) is 12.1 Å². The van der Waals surface area contributed by atoms with Gasteiger partial charge in [0, 0.05) is 20.6 Å². The second-order valence-electron chi connectivity index (χ2n) is 7.85. The molecular formula is C21H29N5O5. The van der Waals surface area contributed by atoms with Crippen molar-refractivity contribution in [1.29, 1.82) is 0 Å². The third-order valence-electron chi connectivity index (χ3n) is 5.45. The number of hydrogen-bond acceptors (Lipinski definition) is 7. The number of hydrogen-bond donors (Lipinski definition) is 1. The molecule has 2 heterocycles. The van der Waals surface area contributed by atoms with Gasteiger partial charge < -0.3 is 19.5 Å². The Morgan fingerprint density at radius 1 is 1.32 bits per heavy atom. The fourth-order valence-corrected chi connectivity index (χ4v) is 3.66. The Kier molecular flexibility index (Phi) is 7.09. The van der Waals surface area contributed by atoms with E-state index >= 15 is 0 Å². The number of aryl methyl sites for hydroxylation is 2. The highest BCUT2D eigenvalue weighted by atomic mass is 16.6. The lowest BCUT2D eigenvalue weighted by atomic mass is 10.1. The molecule has 2 atom stereocenters. The topological polar surface area (TPSA) is 120 Å². The number of nitrogens with zero attached hydrogens (tertiary/aromatic N) is 5. The van der Waals surface area contributed by atoms with E-state index in [4.69, 9.17) is 14.6 Å². The van der Waals surface area contributed by atoms with E-state index in [0.29, 0.717) is 54.3 Å². The number of carboxylic acids is 1. The average molecular weight is 431 g/mol. The Morgan fingerprint density at radius 2 is 2.10 bits per heavy atom. The summed E-state index contributed by atoms with van der Waals surface area (Å²) in [5.74, 6) is -0.496. The van der Waals surface area contributed by atoms with E-state index < -0.39 is 12.1 Å². The second kappa shape index (κ2) is 9.76. The normalized spacial score (nSPS) is 18.1. The van der Waals surface area contributed by atoms with Crippen LogP contribution in [0.1, 0.15) is 44.0 Å². The summed E-state index contributed by atoms with van der Waals surface area (Å²) in [6, 6.07) is 3.59. The molecule has 1 amide bonds. The van der Waals surface area contributed by atoms with Crippen molar-refractivity contribution in [2.45, 2.75) is 52.2 Å². The van der Waals surface area contributed by atoms with Crippen molar-refractivity contribution in [3.63, 3.8) is 0 Å². The lowest BCUT2D eigenvalue weighted by molar-refractivity contribution is -0.141. The number of carbonyl (C=O) groups excluding carboxylic acids is 1. The fraction of sp³-hybridized carbons (Fsp3) is 0.571. The summed E-state index contributed by atoms with van der Waals surface area (Å²) < 4.78 is 13.0. The van der Waals surface area contributed by atoms with Crippen LogP contribution in [-0.4, -0.2) is 61.7 Å². The molecule has 0 radical (unpaired) electrons. The van der Waals surface area contributed by atoms with Crippen LogP contribution in [0.5, 0.6) is 5.75 Å². The molecule has 0 aliphatic heterocycles. The zero-order valence-corrected chi connectivity index (χ0v) is 18.4. The van der Waals surface area contributed by atoms with Crippen molar-refractivity contribution in [1.82, 2.24) is 24.9 Å². The van der Waals surface area contributed by atoms with E-state index in [0.717, 1.165) is 6.42 Å². The maximum Gasteiger partial charge on any atom is 0.409 e. The summed E-state index contributed by atoms with van der Waals surface area (Å²) in [6.45, 7) is 4.47. The monoisotopic (exact) mass is 431 g/mol. The van der Waals surface area contributed by atoms with Gasteiger partial charge in [0.05, 0.1) is 23.4 Å². The van der Waals surface area contributed by atoms with Crippen LogP contribution < -0.4 is 4.74 Å². The molecule has 1 aliphatic carbocycles. The van der Waals surface area contributed by atoms with Crippen molar-refractivity contribution < 1.29 is 24.2 Å². The number of amides is 1. The summed E-state index contributed by atoms with van der Waals surface area (Å²) in [5, 5.41) is 17.4. The number of carboxylic acid groups (broad SMARTS) is 1. The molecular weight excluding hydrogens is 402 g/mol. The quantitative estimate of drug-likeness (QED) is 0.677. The Balaban J connectivity index is 1.70. The van der Waals surface area contributed by atoms with Gasteiger partial charge in [-0.15, -0.1) is 5.10 Å². The van der Waals surface area contributed by atoms with Crippen molar-refractivity contribution >= 4 is 12.1 Å². The highest BCUT2D eigenvalue weighted by Gasteiger charge is 2.31. The van der Waals surface area contributed by atoms with Crippen molar-refractivity contribution in [3.05, 3.63) is 23.5 Å². The van der Waals surface area contributed by atoms with E-state index in [9.17, 15) is 9.59 Å². The third kappa shape index (κ3) is 5.31. The highest BCUT2D eigenvalue weighted by Crippen LogP contribution is 2.31. The van der Waals surface area contributed by atoms with Crippen LogP contribution in [0.2, 0.25) is 0 Å². The highest BCUT2D eigenvalue weighted by molar-refractivity contribution is 5.70. The molecule has 10 heteroatoms. The van der Waals surface area contributed by atoms with Crippen LogP contribution >= 0.6 is 0 Å². The lowest BCUT2D eigenvalue weighted by Gasteiger charge is -2.16. The minimum atomic E-state index is -0.770. The smallest absolute Gasteiger partial charge is 0.409 e. The summed E-state index contributed by atoms with van der Waals surface area (Å²) in [6.07, 6.45) is 2.16. The van der Waals surface area contributed by atoms with Crippen LogP contribution in [0.15, 0.2) is 12.1 Å². The van der Waals surface area contributed by atoms with Crippen molar-refractivity contribution in [3.8, 4) is 17.1 Å². The van der Waals surface area contributed by atoms with E-state index in [1.54, 1.807) is 24.8 Å². The standard InChI is InChI=1S/C21H29N5O5/c1-5-10-25(3)21(29)30-12-17-19(23-24-26(17)4)16-8-9-18(13(2)22-16)31-15-7-6-14(11-15)20(27)28/h8-9,14-15H,5-7,10-12H2,1-4H3,(H,27,28)/t14-,15-/m0/s1. The molecule has 2 aromatic heterocycles. The molecule has 3 rings (SSSR count). The van der Waals surface area contributed by atoms with E-state index in [1.165, 1.54) is 4.90 Å². The van der Waals surface area contributed by atoms with Crippen LogP contribution in [0, 0.1) is 12.8 Å². The minimum Gasteiger partial charge on any atom is -0.489 e. The predicted octanol–water partition coefficient (Wildman–Crippen LogP) is 2.80. The fourth-order valence-electron chi connectivity index (χ4n) is 3.66. The Labute approximate surface area is 181 Å². The van der Waals surface area contributed by atoms with E-state index in [1.807, 2.05) is 19.9 Å². The number of pyridine rings is 1. The Hall–Kier alpha value is -3.17. The summed E-state index contributed by atoms with van der Waals surface area (Å²) >= 11 is 0. The molecule has 1 saturated carbocycles. The summed E-state index contributed by atoms with van der Waals surface area (Å²) in [5.41, 5.74) is 2.45. The number of aliphatic carboxylic acids is 1. The first kappa shape index (κ1) is 22.5. The maximum atomic E-state index is 12.1. The molecule has 0 spiro atoms. The molecule has 2 aromatic rings. The molecule has 10 nitrogen and oxygen atoms in total. The summed E-state index contributed by atoms with van der Waals surface area (Å²) in [4.78, 5) is 29.4. The van der Waals surface area contributed by atoms with Crippen molar-refractivity contribution in [2.75, 3.05) is 13.6 Å². The first-order valence-corrected chi connectivity index (χ1v) is 10.4. The first-order chi connectivity index (χ1) is 14.8. The summed E-state index contributed by atoms with van der Waals surface area (Å²) in [7, 11) is 3.43. The lowest BCUT2D eigenvalue weighted by Crippen LogP contribution is -2.28. The molecule has 31 heavy (non-hydrogen) atoms. The maximum absolute atomic E-state index is 12.1. The van der Waals surface area contributed by atoms with Gasteiger partial charge in [0.25, 0.3) is 0 Å². The Bertz CT molecular complexity index is 944. The van der Waals surface area contributed by atoms with Crippen LogP contribution in [0.4, 0.5) is 4.79 Å². The number of carbonyl (C=O) groups is 2. The van der Waals surface area contributed by atoms with Gasteiger partial charge >= 0.3 is 12.1 Å². The van der Waals surface area contributed by atoms with Gasteiger partial charge in [0.15, 0.2) is 0 Å². The minimum absolute atomic E-state index is 0.0311. The molecule has 1 fully saturated rings. The van der Waals surface area contributed by atoms with Gasteiger partial charge in [0.1, 0.15) is 23.7 Å². The zero-order valence-electron chi connectivity index (χ0n) is 18.4. The van der Waals surface area contributed by atoms with Crippen molar-refractivity contribution in [2.24, 2.45) is 13.0 Å². The second-order valence-corrected chi connectivity index (χ2v) is 7.85. The van der Waals surface area contributed by atoms with Gasteiger partial charge in [-0.05, 0) is 44.7 Å². The molecule has 0 bridgehead atoms. The number of ether oxygens (including phenoxy) is 2. The van der Waals surface area contributed by atoms with Crippen LogP contribution in [-0.2, 0) is 23.2 Å². The van der Waals surface area contributed by atoms with Crippen LogP contribution in [0.25, 0.3) is 11.4 Å². The SMILES string of the molecule is CCCN(C)C(=O)OCc1c(-c2ccc(O[C@H]3CC[C@H](C(=O)O)C3)c(C)n2)nnn1C. The molecule has 168 valence electrons. The number of aromatic nitrogens is 4. The molecule has 1 aliphatic rings. The largest absolute Gasteiger partial charge is 0.489 e. The average Bonchev–Trinajstić information content (AvgIpc) is 3.34. The Morgan fingerprint density at radius 3 is 2.74 bits per heavy atom. The van der Waals surface area contributed by atoms with Gasteiger partial charge in [-0.25, -0.2) is 14.5 Å². The zero-order chi connectivity index (χ0) is 22.5. The van der Waals surface area contributed by atoms with E-state index in [-0.39, 0.29) is 18.6 Å². The molecule has 1 N–H and O–H groups in total. The number of rotatable bonds is 8. The molecule has 0 unspecified atom stereocenters. The van der Waals surface area contributed by atoms with Crippen LogP contribution in [0.3, 0.4) is 0 Å². The van der Waals surface area contributed by atoms with Gasteiger partial charge in [-0.3, -0.25) is 4.79 Å². The van der Waals surface area contributed by atoms with Gasteiger partial charge in [-0.2, -0.15) is 0 Å². The third-order valence-corrected chi connectivity index (χ3v) is 5.45. The first-order valence-electron chi connectivity index (χ1n) is 10.4. The molecule has 0 aromatic carbocycles. The van der Waals surface area contributed by atoms with Gasteiger partial charge in [0.2, 0.25) is 0 Å². The van der Waals surface area contributed by atoms with E-state index in [2.05, 4.69) is 15.3 Å². The molecule has 0 saturated heterocycles. The predicted molar refractivity (Wildman–Crippen MR) is 111 cm³/mol.